The van der Waals surface area contributed by atoms with Crippen molar-refractivity contribution in [2.75, 3.05) is 39.6 Å². The first-order valence-corrected chi connectivity index (χ1v) is 42.0. The maximum atomic E-state index is 13.1. The summed E-state index contributed by atoms with van der Waals surface area (Å²) in [6.45, 7) is 4.28. The number of phosphoric acid groups is 2. The summed E-state index contributed by atoms with van der Waals surface area (Å²) in [5.41, 5.74) is 0. The lowest BCUT2D eigenvalue weighted by Crippen LogP contribution is -2.30. The van der Waals surface area contributed by atoms with E-state index in [1.54, 1.807) is 6.08 Å². The summed E-state index contributed by atoms with van der Waals surface area (Å²) in [5.74, 6) is -2.40. The molecule has 0 amide bonds. The average molecular weight is 1490 g/mol. The molecule has 0 aromatic heterocycles. The summed E-state index contributed by atoms with van der Waals surface area (Å²) in [6, 6.07) is 0. The van der Waals surface area contributed by atoms with E-state index in [4.69, 9.17) is 37.0 Å². The number of phosphoric ester groups is 2. The molecule has 0 fully saturated rings. The number of aliphatic hydroxyl groups is 1. The van der Waals surface area contributed by atoms with E-state index < -0.39 is 97.5 Å². The Morgan fingerprint density at radius 2 is 0.538 bits per heavy atom. The van der Waals surface area contributed by atoms with E-state index in [9.17, 15) is 43.2 Å². The monoisotopic (exact) mass is 1490 g/mol. The SMILES string of the molecule is CC/C=C\C/C=C\C/C=C\C/C=C\C/C=C\CCCCCC(=O)OCC(COP(=O)(O)OCC(O)COP(=O)(O)OCC(COC(=O)C/C=C\C/C=C\C/C=C\C/C=C\C/C=C\CC)OC(=O)CCCCCCC/C=C\CCCC)OC(=O)CCCCCCCC/C=C\C/C=C\C/C=C\C/C=C\CC. The fraction of sp³-hybridized carbons (Fsp3) is 0.600. The maximum absolute atomic E-state index is 13.1. The lowest BCUT2D eigenvalue weighted by Gasteiger charge is -2.21. The van der Waals surface area contributed by atoms with Crippen molar-refractivity contribution in [2.24, 2.45) is 0 Å². The zero-order valence-corrected chi connectivity index (χ0v) is 65.9. The summed E-state index contributed by atoms with van der Waals surface area (Å²) in [5, 5.41) is 10.6. The summed E-state index contributed by atoms with van der Waals surface area (Å²) in [6.07, 6.45) is 90.6. The minimum atomic E-state index is -5.01. The van der Waals surface area contributed by atoms with Gasteiger partial charge in [-0.1, -0.05) is 274 Å². The van der Waals surface area contributed by atoms with Gasteiger partial charge in [-0.25, -0.2) is 9.13 Å². The molecular formula is C85H136O17P2. The molecule has 0 aliphatic carbocycles. The van der Waals surface area contributed by atoms with E-state index in [0.717, 1.165) is 186 Å². The van der Waals surface area contributed by atoms with Crippen LogP contribution < -0.4 is 0 Å². The molecule has 5 unspecified atom stereocenters. The summed E-state index contributed by atoms with van der Waals surface area (Å²) in [4.78, 5) is 72.9. The standard InChI is InChI=1S/C85H136O17P2/c1-5-9-13-17-21-25-29-32-35-37-39-41-44-47-51-54-58-62-66-70-83(88)96-76-81(102-85(90)72-68-64-60-56-52-48-45-42-40-38-36-33-30-26-22-18-14-10-6-2)78-100-104(93,94)98-74-79(86)73-97-103(91,92)99-77-80(101-84(89)71-67-63-59-55-49-28-24-20-16-12-8-4)75-95-82(87)69-65-61-57-53-50-46-43-34-31-27-23-19-15-11-7-3/h9-11,13-15,20-27,32-36,39-43,47,50-51,53,61,65,79-81,86H,5-8,12,16-19,28-31,37-38,44-46,48-49,52,54-60,62-64,66-78H2,1-4H3,(H,91,92)(H,93,94)/b13-9-,14-10-,15-11-,24-20-,25-21-,26-22-,27-23-,35-32-,36-33-,41-39-,42-40-,43-34-,51-47-,53-50-,65-61-. The smallest absolute Gasteiger partial charge is 0.462 e. The fourth-order valence-corrected chi connectivity index (χ4v) is 11.1. The van der Waals surface area contributed by atoms with Gasteiger partial charge < -0.3 is 33.8 Å². The quantitative estimate of drug-likeness (QED) is 0.0169. The molecule has 0 rings (SSSR count). The highest BCUT2D eigenvalue weighted by atomic mass is 31.2. The van der Waals surface area contributed by atoms with Crippen LogP contribution in [0.3, 0.4) is 0 Å². The van der Waals surface area contributed by atoms with Crippen LogP contribution in [-0.4, -0.2) is 96.7 Å². The van der Waals surface area contributed by atoms with Gasteiger partial charge in [-0.15, -0.1) is 0 Å². The van der Waals surface area contributed by atoms with E-state index in [2.05, 4.69) is 186 Å². The second-order valence-electron chi connectivity index (χ2n) is 25.2. The minimum Gasteiger partial charge on any atom is -0.462 e. The van der Waals surface area contributed by atoms with Crippen LogP contribution in [0, 0.1) is 0 Å². The Labute approximate surface area is 628 Å². The van der Waals surface area contributed by atoms with Gasteiger partial charge in [0.2, 0.25) is 0 Å². The van der Waals surface area contributed by atoms with Crippen LogP contribution in [0.5, 0.6) is 0 Å². The van der Waals surface area contributed by atoms with Gasteiger partial charge in [-0.2, -0.15) is 0 Å². The summed E-state index contributed by atoms with van der Waals surface area (Å²) in [7, 11) is -10.0. The molecule has 3 N–H and O–H groups in total. The van der Waals surface area contributed by atoms with Gasteiger partial charge in [0.05, 0.1) is 32.8 Å². The van der Waals surface area contributed by atoms with Crippen molar-refractivity contribution in [2.45, 2.75) is 290 Å². The Morgan fingerprint density at radius 3 is 0.875 bits per heavy atom. The normalized spacial score (nSPS) is 14.9. The van der Waals surface area contributed by atoms with E-state index >= 15 is 0 Å². The Bertz CT molecular complexity index is 2690. The van der Waals surface area contributed by atoms with Gasteiger partial charge in [0.1, 0.15) is 19.3 Å². The zero-order valence-electron chi connectivity index (χ0n) is 64.1. The van der Waals surface area contributed by atoms with Crippen LogP contribution in [-0.2, 0) is 65.4 Å². The molecule has 0 saturated heterocycles. The molecule has 0 saturated carbocycles. The van der Waals surface area contributed by atoms with Crippen LogP contribution in [0.1, 0.15) is 272 Å². The first kappa shape index (κ1) is 98.2. The Morgan fingerprint density at radius 1 is 0.288 bits per heavy atom. The molecule has 104 heavy (non-hydrogen) atoms. The molecule has 0 aliphatic heterocycles. The molecule has 0 bridgehead atoms. The van der Waals surface area contributed by atoms with Crippen LogP contribution in [0.25, 0.3) is 0 Å². The van der Waals surface area contributed by atoms with Crippen molar-refractivity contribution in [3.8, 4) is 0 Å². The molecule has 0 radical (unpaired) electrons. The van der Waals surface area contributed by atoms with Crippen molar-refractivity contribution in [1.29, 1.82) is 0 Å². The van der Waals surface area contributed by atoms with E-state index in [0.29, 0.717) is 25.7 Å². The fourth-order valence-electron chi connectivity index (χ4n) is 9.53. The minimum absolute atomic E-state index is 0.0580. The van der Waals surface area contributed by atoms with Crippen molar-refractivity contribution >= 4 is 39.5 Å². The highest BCUT2D eigenvalue weighted by Gasteiger charge is 2.30. The third kappa shape index (κ3) is 74.4. The average Bonchev–Trinajstić information content (AvgIpc) is 0.928. The van der Waals surface area contributed by atoms with Crippen LogP contribution >= 0.6 is 15.6 Å². The van der Waals surface area contributed by atoms with Gasteiger partial charge >= 0.3 is 39.5 Å². The summed E-state index contributed by atoms with van der Waals surface area (Å²) < 4.78 is 68.3. The lowest BCUT2D eigenvalue weighted by molar-refractivity contribution is -0.161. The van der Waals surface area contributed by atoms with Crippen LogP contribution in [0.2, 0.25) is 0 Å². The number of ether oxygens (including phenoxy) is 4. The molecule has 0 spiro atoms. The zero-order chi connectivity index (χ0) is 76.0. The third-order valence-electron chi connectivity index (χ3n) is 15.4. The molecule has 0 aromatic rings. The Hall–Kier alpha value is -5.84. The lowest BCUT2D eigenvalue weighted by atomic mass is 10.1. The van der Waals surface area contributed by atoms with Crippen molar-refractivity contribution in [1.82, 2.24) is 0 Å². The first-order chi connectivity index (χ1) is 50.7. The maximum Gasteiger partial charge on any atom is 0.472 e. The van der Waals surface area contributed by atoms with Gasteiger partial charge in [0, 0.05) is 19.3 Å². The highest BCUT2D eigenvalue weighted by molar-refractivity contribution is 7.47. The molecule has 588 valence electrons. The topological polar surface area (TPSA) is 237 Å². The number of unbranched alkanes of at least 4 members (excludes halogenated alkanes) is 16. The predicted molar refractivity (Wildman–Crippen MR) is 426 cm³/mol. The van der Waals surface area contributed by atoms with Gasteiger partial charge in [0.15, 0.2) is 12.2 Å². The molecule has 19 heteroatoms. The number of hydrogen-bond donors (Lipinski definition) is 3. The largest absolute Gasteiger partial charge is 0.472 e. The van der Waals surface area contributed by atoms with Crippen molar-refractivity contribution in [3.05, 3.63) is 182 Å². The number of esters is 4. The predicted octanol–water partition coefficient (Wildman–Crippen LogP) is 22.8. The van der Waals surface area contributed by atoms with E-state index in [-0.39, 0.29) is 25.7 Å². The molecule has 0 heterocycles. The van der Waals surface area contributed by atoms with Crippen LogP contribution in [0.15, 0.2) is 182 Å². The molecular weight excluding hydrogens is 1350 g/mol. The Kier molecular flexibility index (Phi) is 71.2. The van der Waals surface area contributed by atoms with Crippen molar-refractivity contribution in [3.63, 3.8) is 0 Å². The second-order valence-corrected chi connectivity index (χ2v) is 28.1. The number of allylic oxidation sites excluding steroid dienone is 29. The molecule has 0 aromatic carbocycles. The number of aliphatic hydroxyl groups excluding tert-OH is 1. The molecule has 5 atom stereocenters. The second kappa shape index (κ2) is 75.4. The molecule has 0 aliphatic rings. The van der Waals surface area contributed by atoms with Gasteiger partial charge in [-0.3, -0.25) is 37.3 Å². The first-order valence-electron chi connectivity index (χ1n) is 39.0. The number of rotatable bonds is 71. The number of carbonyl (C=O) groups excluding carboxylic acids is 4. The van der Waals surface area contributed by atoms with Crippen molar-refractivity contribution < 1.29 is 80.2 Å². The van der Waals surface area contributed by atoms with Gasteiger partial charge in [-0.05, 0) is 154 Å². The molecule has 17 nitrogen and oxygen atoms in total. The van der Waals surface area contributed by atoms with E-state index in [1.807, 2.05) is 18.2 Å². The van der Waals surface area contributed by atoms with Gasteiger partial charge in [0.25, 0.3) is 0 Å². The third-order valence-corrected chi connectivity index (χ3v) is 17.3. The summed E-state index contributed by atoms with van der Waals surface area (Å²) >= 11 is 0. The van der Waals surface area contributed by atoms with Crippen LogP contribution in [0.4, 0.5) is 0 Å². The number of hydrogen-bond acceptors (Lipinski definition) is 15. The van der Waals surface area contributed by atoms with E-state index in [1.165, 1.54) is 6.42 Å². The Balaban J connectivity index is 5.47. The number of carbonyl (C=O) groups is 4. The highest BCUT2D eigenvalue weighted by Crippen LogP contribution is 2.45.